The van der Waals surface area contributed by atoms with Crippen LogP contribution in [0.25, 0.3) is 0 Å². The maximum absolute atomic E-state index is 12.6. The Balaban J connectivity index is 1.70. The topological polar surface area (TPSA) is 66.1 Å². The molecule has 0 aliphatic carbocycles. The molecule has 30 heavy (non-hydrogen) atoms. The number of hydrogen-bond donors (Lipinski definition) is 2. The molecule has 8 heteroatoms. The van der Waals surface area contributed by atoms with E-state index in [0.29, 0.717) is 36.2 Å². The van der Waals surface area contributed by atoms with Crippen LogP contribution in [0.1, 0.15) is 11.6 Å². The van der Waals surface area contributed by atoms with Gasteiger partial charge in [0.05, 0.1) is 32.1 Å². The molecule has 0 aromatic heterocycles. The fourth-order valence-electron chi connectivity index (χ4n) is 3.48. The summed E-state index contributed by atoms with van der Waals surface area (Å²) in [6.45, 7) is 3.50. The normalized spacial score (nSPS) is 15.3. The average molecular weight is 433 g/mol. The Labute approximate surface area is 182 Å². The Hall–Kier alpha value is -2.48. The van der Waals surface area contributed by atoms with Crippen LogP contribution < -0.4 is 20.3 Å². The minimum Gasteiger partial charge on any atom is -0.495 e. The summed E-state index contributed by atoms with van der Waals surface area (Å²) in [4.78, 5) is 17.0. The van der Waals surface area contributed by atoms with E-state index in [-0.39, 0.29) is 12.1 Å². The number of methoxy groups -OCH3 is 1. The van der Waals surface area contributed by atoms with Crippen molar-refractivity contribution < 1.29 is 14.3 Å². The summed E-state index contributed by atoms with van der Waals surface area (Å²) in [5.74, 6) is 0.554. The van der Waals surface area contributed by atoms with Gasteiger partial charge in [0.15, 0.2) is 0 Å². The maximum Gasteiger partial charge on any atom is 0.319 e. The Morgan fingerprint density at radius 2 is 1.90 bits per heavy atom. The molecule has 0 bridgehead atoms. The maximum atomic E-state index is 12.6. The highest BCUT2D eigenvalue weighted by Gasteiger charge is 2.23. The molecule has 1 fully saturated rings. The third kappa shape index (κ3) is 5.78. The van der Waals surface area contributed by atoms with Gasteiger partial charge in [-0.15, -0.1) is 0 Å². The van der Waals surface area contributed by atoms with E-state index >= 15 is 0 Å². The van der Waals surface area contributed by atoms with Gasteiger partial charge in [-0.1, -0.05) is 23.7 Å². The van der Waals surface area contributed by atoms with Crippen LogP contribution >= 0.6 is 11.6 Å². The Morgan fingerprint density at radius 1 is 1.20 bits per heavy atom. The molecule has 0 spiro atoms. The first-order valence-corrected chi connectivity index (χ1v) is 10.3. The van der Waals surface area contributed by atoms with Crippen molar-refractivity contribution in [1.29, 1.82) is 0 Å². The van der Waals surface area contributed by atoms with Crippen molar-refractivity contribution in [2.75, 3.05) is 64.3 Å². The highest BCUT2D eigenvalue weighted by molar-refractivity contribution is 6.31. The number of rotatable bonds is 7. The second-order valence-electron chi connectivity index (χ2n) is 7.33. The molecule has 1 atom stereocenters. The van der Waals surface area contributed by atoms with E-state index < -0.39 is 0 Å². The number of anilines is 2. The van der Waals surface area contributed by atoms with E-state index in [9.17, 15) is 4.79 Å². The molecule has 1 aliphatic rings. The fourth-order valence-corrected chi connectivity index (χ4v) is 3.65. The third-order valence-electron chi connectivity index (χ3n) is 5.15. The minimum absolute atomic E-state index is 0.0529. The van der Waals surface area contributed by atoms with Crippen LogP contribution in [-0.4, -0.2) is 65.0 Å². The number of carbonyl (C=O) groups excluding carboxylic acids is 1. The van der Waals surface area contributed by atoms with Crippen LogP contribution in [0.3, 0.4) is 0 Å². The summed E-state index contributed by atoms with van der Waals surface area (Å²) in [5, 5.41) is 6.35. The molecular weight excluding hydrogens is 404 g/mol. The van der Waals surface area contributed by atoms with Gasteiger partial charge in [0.1, 0.15) is 5.75 Å². The number of morpholine rings is 1. The van der Waals surface area contributed by atoms with Gasteiger partial charge in [-0.25, -0.2) is 4.79 Å². The molecule has 2 N–H and O–H groups in total. The number of amides is 2. The predicted octanol–water partition coefficient (Wildman–Crippen LogP) is 3.61. The average Bonchev–Trinajstić information content (AvgIpc) is 2.75. The molecule has 162 valence electrons. The first kappa shape index (κ1) is 22.2. The largest absolute Gasteiger partial charge is 0.495 e. The Morgan fingerprint density at radius 3 is 2.53 bits per heavy atom. The minimum atomic E-state index is -0.307. The van der Waals surface area contributed by atoms with Crippen molar-refractivity contribution in [3.63, 3.8) is 0 Å². The fraction of sp³-hybridized carbons (Fsp3) is 0.409. The van der Waals surface area contributed by atoms with Crippen molar-refractivity contribution >= 4 is 29.0 Å². The lowest BCUT2D eigenvalue weighted by molar-refractivity contribution is 0.0168. The van der Waals surface area contributed by atoms with E-state index in [1.54, 1.807) is 25.3 Å². The van der Waals surface area contributed by atoms with Crippen molar-refractivity contribution in [2.24, 2.45) is 0 Å². The first-order valence-electron chi connectivity index (χ1n) is 9.95. The van der Waals surface area contributed by atoms with Gasteiger partial charge >= 0.3 is 6.03 Å². The van der Waals surface area contributed by atoms with Crippen molar-refractivity contribution in [3.05, 3.63) is 53.1 Å². The van der Waals surface area contributed by atoms with Crippen molar-refractivity contribution in [2.45, 2.75) is 6.04 Å². The lowest BCUT2D eigenvalue weighted by Gasteiger charge is -2.35. The number of halogens is 1. The predicted molar refractivity (Wildman–Crippen MR) is 121 cm³/mol. The Kier molecular flexibility index (Phi) is 7.79. The van der Waals surface area contributed by atoms with Gasteiger partial charge in [-0.2, -0.15) is 0 Å². The van der Waals surface area contributed by atoms with E-state index in [1.165, 1.54) is 0 Å². The summed E-state index contributed by atoms with van der Waals surface area (Å²) in [7, 11) is 5.59. The van der Waals surface area contributed by atoms with Crippen LogP contribution in [-0.2, 0) is 4.74 Å². The molecule has 1 saturated heterocycles. The van der Waals surface area contributed by atoms with Crippen LogP contribution in [0.2, 0.25) is 5.02 Å². The number of carbonyl (C=O) groups is 1. The molecule has 1 unspecified atom stereocenters. The van der Waals surface area contributed by atoms with Gasteiger partial charge in [-0.3, -0.25) is 4.90 Å². The summed E-state index contributed by atoms with van der Waals surface area (Å²) in [5.41, 5.74) is 2.82. The van der Waals surface area contributed by atoms with Crippen LogP contribution in [0.4, 0.5) is 16.2 Å². The molecule has 2 aromatic carbocycles. The van der Waals surface area contributed by atoms with Crippen LogP contribution in [0.15, 0.2) is 42.5 Å². The van der Waals surface area contributed by atoms with E-state index in [0.717, 1.165) is 24.3 Å². The van der Waals surface area contributed by atoms with Crippen molar-refractivity contribution in [1.82, 2.24) is 10.2 Å². The van der Waals surface area contributed by atoms with E-state index in [1.807, 2.05) is 14.1 Å². The van der Waals surface area contributed by atoms with Crippen LogP contribution in [0.5, 0.6) is 5.75 Å². The quantitative estimate of drug-likeness (QED) is 0.699. The van der Waals surface area contributed by atoms with Gasteiger partial charge in [0, 0.05) is 44.4 Å². The van der Waals surface area contributed by atoms with E-state index in [2.05, 4.69) is 44.7 Å². The zero-order valence-electron chi connectivity index (χ0n) is 17.7. The number of urea groups is 1. The number of ether oxygens (including phenoxy) is 2. The number of nitrogens with one attached hydrogen (secondary N) is 2. The second kappa shape index (κ2) is 10.5. The standard InChI is InChI=1S/C22H29ClN4O3/c1-26(2)18-7-4-16(5-8-18)20(27-10-12-30-13-11-27)15-24-22(28)25-19-14-17(23)6-9-21(19)29-3/h4-9,14,20H,10-13,15H2,1-3H3,(H2,24,25,28). The highest BCUT2D eigenvalue weighted by Crippen LogP contribution is 2.28. The van der Waals surface area contributed by atoms with Crippen LogP contribution in [0, 0.1) is 0 Å². The monoisotopic (exact) mass is 432 g/mol. The summed E-state index contributed by atoms with van der Waals surface area (Å²) < 4.78 is 10.8. The van der Waals surface area contributed by atoms with Gasteiger partial charge in [-0.05, 0) is 35.9 Å². The molecule has 2 aromatic rings. The number of nitrogens with zero attached hydrogens (tertiary/aromatic N) is 2. The molecular formula is C22H29ClN4O3. The van der Waals surface area contributed by atoms with Gasteiger partial charge < -0.3 is 25.0 Å². The summed E-state index contributed by atoms with van der Waals surface area (Å²) >= 11 is 6.05. The lowest BCUT2D eigenvalue weighted by Crippen LogP contribution is -2.44. The summed E-state index contributed by atoms with van der Waals surface area (Å²) in [6.07, 6.45) is 0. The van der Waals surface area contributed by atoms with Gasteiger partial charge in [0.25, 0.3) is 0 Å². The smallest absolute Gasteiger partial charge is 0.319 e. The zero-order chi connectivity index (χ0) is 21.5. The molecule has 1 aliphatic heterocycles. The lowest BCUT2D eigenvalue weighted by atomic mass is 10.0. The SMILES string of the molecule is COc1ccc(Cl)cc1NC(=O)NCC(c1ccc(N(C)C)cc1)N1CCOCC1. The second-order valence-corrected chi connectivity index (χ2v) is 7.77. The Bertz CT molecular complexity index is 839. The number of benzene rings is 2. The summed E-state index contributed by atoms with van der Waals surface area (Å²) in [6, 6.07) is 13.3. The molecule has 3 rings (SSSR count). The molecule has 7 nitrogen and oxygen atoms in total. The van der Waals surface area contributed by atoms with Gasteiger partial charge in [0.2, 0.25) is 0 Å². The van der Waals surface area contributed by atoms with Crippen molar-refractivity contribution in [3.8, 4) is 5.75 Å². The highest BCUT2D eigenvalue weighted by atomic mass is 35.5. The molecule has 1 heterocycles. The molecule has 0 saturated carbocycles. The number of hydrogen-bond acceptors (Lipinski definition) is 5. The third-order valence-corrected chi connectivity index (χ3v) is 5.38. The zero-order valence-corrected chi connectivity index (χ0v) is 18.4. The first-order chi connectivity index (χ1) is 14.5. The van der Waals surface area contributed by atoms with E-state index in [4.69, 9.17) is 21.1 Å². The molecule has 2 amide bonds. The molecule has 0 radical (unpaired) electrons.